The topological polar surface area (TPSA) is 76.7 Å². The monoisotopic (exact) mass is 436 g/mol. The van der Waals surface area contributed by atoms with Gasteiger partial charge in [0.05, 0.1) is 13.7 Å². The summed E-state index contributed by atoms with van der Waals surface area (Å²) in [5.74, 6) is 0.617. The summed E-state index contributed by atoms with van der Waals surface area (Å²) in [6.45, 7) is 2.50. The standard InChI is InChI=1S/C24H24N2O4S/c1-17-8-10-18(11-9-17)23(27)26-22(16-21-7-4-14-31-21)24(28)25-12-13-30-20-6-3-5-19(15-20)29-2/h3-11,14-16H,12-13H2,1-2H3,(H,25,28)(H,26,27)/b22-16-. The number of nitrogens with one attached hydrogen (secondary N) is 2. The molecular weight excluding hydrogens is 412 g/mol. The minimum Gasteiger partial charge on any atom is -0.497 e. The number of aryl methyl sites for hydroxylation is 1. The van der Waals surface area contributed by atoms with Crippen molar-refractivity contribution in [3.63, 3.8) is 0 Å². The molecule has 0 radical (unpaired) electrons. The van der Waals surface area contributed by atoms with E-state index in [9.17, 15) is 9.59 Å². The maximum absolute atomic E-state index is 12.7. The Morgan fingerprint density at radius 3 is 2.52 bits per heavy atom. The number of methoxy groups -OCH3 is 1. The Bertz CT molecular complexity index is 1040. The number of carbonyl (C=O) groups excluding carboxylic acids is 2. The van der Waals surface area contributed by atoms with Gasteiger partial charge < -0.3 is 20.1 Å². The van der Waals surface area contributed by atoms with Crippen LogP contribution in [-0.4, -0.2) is 32.1 Å². The Labute approximate surface area is 185 Å². The average molecular weight is 437 g/mol. The molecule has 0 spiro atoms. The SMILES string of the molecule is COc1cccc(OCCNC(=O)/C(=C/c2cccs2)NC(=O)c2ccc(C)cc2)c1. The second kappa shape index (κ2) is 11.0. The second-order valence-corrected chi connectivity index (χ2v) is 7.66. The van der Waals surface area contributed by atoms with Crippen molar-refractivity contribution in [3.05, 3.63) is 87.7 Å². The Morgan fingerprint density at radius 2 is 1.81 bits per heavy atom. The Morgan fingerprint density at radius 1 is 1.03 bits per heavy atom. The molecule has 2 N–H and O–H groups in total. The zero-order valence-corrected chi connectivity index (χ0v) is 18.2. The molecule has 1 heterocycles. The van der Waals surface area contributed by atoms with Crippen LogP contribution in [-0.2, 0) is 4.79 Å². The van der Waals surface area contributed by atoms with E-state index in [1.54, 1.807) is 31.4 Å². The summed E-state index contributed by atoms with van der Waals surface area (Å²) in [5.41, 5.74) is 1.71. The fourth-order valence-electron chi connectivity index (χ4n) is 2.69. The number of benzene rings is 2. The van der Waals surface area contributed by atoms with Gasteiger partial charge in [-0.1, -0.05) is 29.8 Å². The van der Waals surface area contributed by atoms with E-state index in [2.05, 4.69) is 10.6 Å². The molecule has 3 aromatic rings. The number of carbonyl (C=O) groups is 2. The third-order valence-electron chi connectivity index (χ3n) is 4.33. The van der Waals surface area contributed by atoms with Gasteiger partial charge in [-0.15, -0.1) is 11.3 Å². The van der Waals surface area contributed by atoms with Crippen LogP contribution in [0.3, 0.4) is 0 Å². The molecule has 0 saturated carbocycles. The Balaban J connectivity index is 1.61. The second-order valence-electron chi connectivity index (χ2n) is 6.68. The number of rotatable bonds is 9. The molecule has 0 fully saturated rings. The zero-order valence-electron chi connectivity index (χ0n) is 17.4. The van der Waals surface area contributed by atoms with Crippen molar-refractivity contribution in [1.82, 2.24) is 10.6 Å². The number of ether oxygens (including phenoxy) is 2. The van der Waals surface area contributed by atoms with Crippen molar-refractivity contribution in [3.8, 4) is 11.5 Å². The molecule has 1 aromatic heterocycles. The highest BCUT2D eigenvalue weighted by Crippen LogP contribution is 2.18. The average Bonchev–Trinajstić information content (AvgIpc) is 3.30. The molecule has 0 atom stereocenters. The fraction of sp³-hybridized carbons (Fsp3) is 0.167. The van der Waals surface area contributed by atoms with Crippen molar-refractivity contribution in [2.24, 2.45) is 0 Å². The van der Waals surface area contributed by atoms with Crippen molar-refractivity contribution in [2.45, 2.75) is 6.92 Å². The summed E-state index contributed by atoms with van der Waals surface area (Å²) in [7, 11) is 1.59. The van der Waals surface area contributed by atoms with E-state index in [0.717, 1.165) is 10.4 Å². The number of thiophene rings is 1. The van der Waals surface area contributed by atoms with Crippen molar-refractivity contribution < 1.29 is 19.1 Å². The molecule has 0 unspecified atom stereocenters. The summed E-state index contributed by atoms with van der Waals surface area (Å²) < 4.78 is 10.8. The first kappa shape index (κ1) is 22.1. The van der Waals surface area contributed by atoms with Gasteiger partial charge in [0, 0.05) is 16.5 Å². The first-order valence-electron chi connectivity index (χ1n) is 9.73. The largest absolute Gasteiger partial charge is 0.497 e. The van der Waals surface area contributed by atoms with E-state index in [1.165, 1.54) is 11.3 Å². The summed E-state index contributed by atoms with van der Waals surface area (Å²) in [6.07, 6.45) is 1.66. The lowest BCUT2D eigenvalue weighted by molar-refractivity contribution is -0.117. The van der Waals surface area contributed by atoms with E-state index in [1.807, 2.05) is 54.8 Å². The lowest BCUT2D eigenvalue weighted by Gasteiger charge is -2.12. The minimum atomic E-state index is -0.386. The summed E-state index contributed by atoms with van der Waals surface area (Å²) in [5, 5.41) is 7.42. The molecule has 0 bridgehead atoms. The van der Waals surface area contributed by atoms with Gasteiger partial charge in [-0.2, -0.15) is 0 Å². The predicted octanol–water partition coefficient (Wildman–Crippen LogP) is 4.03. The molecular formula is C24H24N2O4S. The van der Waals surface area contributed by atoms with Gasteiger partial charge in [-0.3, -0.25) is 9.59 Å². The summed E-state index contributed by atoms with van der Waals surface area (Å²) in [4.78, 5) is 26.2. The van der Waals surface area contributed by atoms with Gasteiger partial charge in [-0.25, -0.2) is 0 Å². The van der Waals surface area contributed by atoms with Crippen LogP contribution in [0.25, 0.3) is 6.08 Å². The number of amides is 2. The van der Waals surface area contributed by atoms with Crippen LogP contribution in [0.5, 0.6) is 11.5 Å². The van der Waals surface area contributed by atoms with Gasteiger partial charge in [-0.05, 0) is 48.7 Å². The van der Waals surface area contributed by atoms with Crippen LogP contribution in [0.2, 0.25) is 0 Å². The Kier molecular flexibility index (Phi) is 7.84. The van der Waals surface area contributed by atoms with Crippen LogP contribution >= 0.6 is 11.3 Å². The first-order chi connectivity index (χ1) is 15.0. The van der Waals surface area contributed by atoms with E-state index in [0.29, 0.717) is 17.1 Å². The van der Waals surface area contributed by atoms with Crippen LogP contribution in [0.4, 0.5) is 0 Å². The molecule has 0 aliphatic rings. The normalized spacial score (nSPS) is 11.0. The maximum Gasteiger partial charge on any atom is 0.267 e. The zero-order chi connectivity index (χ0) is 22.1. The van der Waals surface area contributed by atoms with Crippen LogP contribution in [0.1, 0.15) is 20.8 Å². The molecule has 2 aromatic carbocycles. The van der Waals surface area contributed by atoms with Crippen LogP contribution in [0, 0.1) is 6.92 Å². The predicted molar refractivity (Wildman–Crippen MR) is 122 cm³/mol. The van der Waals surface area contributed by atoms with E-state index < -0.39 is 0 Å². The third kappa shape index (κ3) is 6.72. The fourth-order valence-corrected chi connectivity index (χ4v) is 3.35. The van der Waals surface area contributed by atoms with Gasteiger partial charge in [0.2, 0.25) is 0 Å². The van der Waals surface area contributed by atoms with E-state index >= 15 is 0 Å². The highest BCUT2D eigenvalue weighted by atomic mass is 32.1. The van der Waals surface area contributed by atoms with Crippen molar-refractivity contribution in [1.29, 1.82) is 0 Å². The molecule has 0 aliphatic heterocycles. The third-order valence-corrected chi connectivity index (χ3v) is 5.15. The lowest BCUT2D eigenvalue weighted by Crippen LogP contribution is -2.36. The highest BCUT2D eigenvalue weighted by Gasteiger charge is 2.15. The molecule has 3 rings (SSSR count). The molecule has 2 amide bonds. The first-order valence-corrected chi connectivity index (χ1v) is 10.6. The highest BCUT2D eigenvalue weighted by molar-refractivity contribution is 7.10. The smallest absolute Gasteiger partial charge is 0.267 e. The van der Waals surface area contributed by atoms with Gasteiger partial charge in [0.15, 0.2) is 0 Å². The van der Waals surface area contributed by atoms with E-state index in [-0.39, 0.29) is 30.7 Å². The summed E-state index contributed by atoms with van der Waals surface area (Å²) >= 11 is 1.48. The Hall–Kier alpha value is -3.58. The number of hydrogen-bond donors (Lipinski definition) is 2. The van der Waals surface area contributed by atoms with E-state index in [4.69, 9.17) is 9.47 Å². The van der Waals surface area contributed by atoms with Crippen LogP contribution < -0.4 is 20.1 Å². The van der Waals surface area contributed by atoms with Gasteiger partial charge in [0.25, 0.3) is 11.8 Å². The molecule has 31 heavy (non-hydrogen) atoms. The van der Waals surface area contributed by atoms with Gasteiger partial charge in [0.1, 0.15) is 23.8 Å². The van der Waals surface area contributed by atoms with Gasteiger partial charge >= 0.3 is 0 Å². The van der Waals surface area contributed by atoms with Crippen LogP contribution in [0.15, 0.2) is 71.7 Å². The summed E-state index contributed by atoms with van der Waals surface area (Å²) in [6, 6.07) is 18.2. The minimum absolute atomic E-state index is 0.175. The van der Waals surface area contributed by atoms with Crippen molar-refractivity contribution >= 4 is 29.2 Å². The lowest BCUT2D eigenvalue weighted by atomic mass is 10.1. The maximum atomic E-state index is 12.7. The molecule has 0 aliphatic carbocycles. The molecule has 0 saturated heterocycles. The quantitative estimate of drug-likeness (QED) is 0.392. The molecule has 7 heteroatoms. The number of hydrogen-bond acceptors (Lipinski definition) is 5. The molecule has 160 valence electrons. The molecule has 6 nitrogen and oxygen atoms in total. The van der Waals surface area contributed by atoms with Crippen molar-refractivity contribution in [2.75, 3.05) is 20.3 Å².